The van der Waals surface area contributed by atoms with Gasteiger partial charge in [-0.1, -0.05) is 0 Å². The predicted octanol–water partition coefficient (Wildman–Crippen LogP) is 0.00602. The van der Waals surface area contributed by atoms with Crippen molar-refractivity contribution < 1.29 is 10.0 Å². The molecule has 0 bridgehead atoms. The van der Waals surface area contributed by atoms with Crippen LogP contribution in [0, 0.1) is 6.92 Å². The van der Waals surface area contributed by atoms with Gasteiger partial charge in [0.15, 0.2) is 0 Å². The van der Waals surface area contributed by atoms with Gasteiger partial charge >= 0.3 is 7.12 Å². The lowest BCUT2D eigenvalue weighted by Crippen LogP contribution is -2.15. The largest absolute Gasteiger partial charge is 0.457 e. The van der Waals surface area contributed by atoms with E-state index in [1.807, 2.05) is 12.3 Å². The molecule has 0 spiro atoms. The second-order valence-corrected chi connectivity index (χ2v) is 3.10. The molecule has 5 heteroatoms. The second-order valence-electron chi connectivity index (χ2n) is 2.04. The van der Waals surface area contributed by atoms with Gasteiger partial charge in [-0.05, 0) is 6.92 Å². The maximum Gasteiger partial charge on any atom is 0.457 e. The molecule has 3 nitrogen and oxygen atoms in total. The fourth-order valence-electron chi connectivity index (χ4n) is 0.689. The minimum Gasteiger partial charge on any atom is -0.427 e. The van der Waals surface area contributed by atoms with Crippen LogP contribution in [0.25, 0.3) is 0 Å². The number of hydrogen-bond acceptors (Lipinski definition) is 4. The standard InChI is InChI=1S/C5H8BNO2S/c1-4-7-5(3-10-4)2-6(8)9/h3,8-9H,2H2,1H3. The highest BCUT2D eigenvalue weighted by Crippen LogP contribution is 2.08. The normalized spacial score (nSPS) is 9.90. The van der Waals surface area contributed by atoms with Crippen molar-refractivity contribution in [2.75, 3.05) is 0 Å². The molecular weight excluding hydrogens is 149 g/mol. The number of aromatic nitrogens is 1. The summed E-state index contributed by atoms with van der Waals surface area (Å²) in [6.45, 7) is 1.89. The van der Waals surface area contributed by atoms with Gasteiger partial charge in [0.25, 0.3) is 0 Å². The molecule has 0 fully saturated rings. The predicted molar refractivity (Wildman–Crippen MR) is 40.7 cm³/mol. The summed E-state index contributed by atoms with van der Waals surface area (Å²) in [4.78, 5) is 4.05. The van der Waals surface area contributed by atoms with Gasteiger partial charge < -0.3 is 10.0 Å². The Balaban J connectivity index is 2.58. The average Bonchev–Trinajstić information content (AvgIpc) is 2.13. The van der Waals surface area contributed by atoms with Crippen molar-refractivity contribution in [1.82, 2.24) is 4.98 Å². The van der Waals surface area contributed by atoms with E-state index in [0.717, 1.165) is 10.7 Å². The van der Waals surface area contributed by atoms with Gasteiger partial charge in [-0.15, -0.1) is 11.3 Å². The monoisotopic (exact) mass is 157 g/mol. The molecule has 0 saturated heterocycles. The van der Waals surface area contributed by atoms with E-state index in [2.05, 4.69) is 4.98 Å². The Labute approximate surface area is 63.5 Å². The molecule has 2 N–H and O–H groups in total. The minimum absolute atomic E-state index is 0.227. The molecule has 10 heavy (non-hydrogen) atoms. The van der Waals surface area contributed by atoms with Crippen LogP contribution in [0.3, 0.4) is 0 Å². The van der Waals surface area contributed by atoms with E-state index >= 15 is 0 Å². The van der Waals surface area contributed by atoms with Crippen molar-refractivity contribution in [3.05, 3.63) is 16.1 Å². The average molecular weight is 157 g/mol. The van der Waals surface area contributed by atoms with Crippen LogP contribution in [0.4, 0.5) is 0 Å². The molecule has 1 heterocycles. The fourth-order valence-corrected chi connectivity index (χ4v) is 1.31. The van der Waals surface area contributed by atoms with E-state index in [1.165, 1.54) is 11.3 Å². The second kappa shape index (κ2) is 3.14. The fraction of sp³-hybridized carbons (Fsp3) is 0.400. The van der Waals surface area contributed by atoms with Gasteiger partial charge in [0.05, 0.1) is 5.01 Å². The Kier molecular flexibility index (Phi) is 2.42. The Hall–Kier alpha value is -0.385. The summed E-state index contributed by atoms with van der Waals surface area (Å²) in [5, 5.41) is 19.9. The van der Waals surface area contributed by atoms with Crippen LogP contribution in [-0.4, -0.2) is 22.2 Å². The molecule has 0 atom stereocenters. The summed E-state index contributed by atoms with van der Waals surface area (Å²) in [5.74, 6) is 0. The van der Waals surface area contributed by atoms with Gasteiger partial charge in [0.1, 0.15) is 0 Å². The Morgan fingerprint density at radius 2 is 2.40 bits per heavy atom. The number of thiazole rings is 1. The van der Waals surface area contributed by atoms with E-state index < -0.39 is 7.12 Å². The Morgan fingerprint density at radius 3 is 2.80 bits per heavy atom. The summed E-state index contributed by atoms with van der Waals surface area (Å²) in [5.41, 5.74) is 0.748. The smallest absolute Gasteiger partial charge is 0.427 e. The molecule has 1 aromatic rings. The molecule has 0 aliphatic heterocycles. The van der Waals surface area contributed by atoms with Crippen LogP contribution in [-0.2, 0) is 6.32 Å². The van der Waals surface area contributed by atoms with Gasteiger partial charge in [-0.3, -0.25) is 0 Å². The lowest BCUT2D eigenvalue weighted by atomic mass is 9.85. The van der Waals surface area contributed by atoms with Crippen molar-refractivity contribution in [3.8, 4) is 0 Å². The lowest BCUT2D eigenvalue weighted by molar-refractivity contribution is 0.404. The molecule has 1 rings (SSSR count). The van der Waals surface area contributed by atoms with Crippen molar-refractivity contribution in [2.45, 2.75) is 13.2 Å². The Morgan fingerprint density at radius 1 is 1.70 bits per heavy atom. The zero-order valence-corrected chi connectivity index (χ0v) is 6.43. The summed E-state index contributed by atoms with van der Waals surface area (Å²) in [7, 11) is -1.28. The van der Waals surface area contributed by atoms with Crippen LogP contribution >= 0.6 is 11.3 Å². The first-order valence-electron chi connectivity index (χ1n) is 2.95. The van der Waals surface area contributed by atoms with E-state index in [-0.39, 0.29) is 6.32 Å². The molecule has 54 valence electrons. The quantitative estimate of drug-likeness (QED) is 0.594. The molecule has 0 radical (unpaired) electrons. The van der Waals surface area contributed by atoms with Crippen LogP contribution in [0.15, 0.2) is 5.38 Å². The first kappa shape index (κ1) is 7.72. The van der Waals surface area contributed by atoms with Crippen LogP contribution in [0.2, 0.25) is 0 Å². The van der Waals surface area contributed by atoms with Gasteiger partial charge in [0, 0.05) is 17.4 Å². The van der Waals surface area contributed by atoms with Gasteiger partial charge in [-0.2, -0.15) is 0 Å². The maximum absolute atomic E-state index is 8.54. The topological polar surface area (TPSA) is 53.4 Å². The van der Waals surface area contributed by atoms with Crippen LogP contribution < -0.4 is 0 Å². The first-order valence-corrected chi connectivity index (χ1v) is 3.83. The summed E-state index contributed by atoms with van der Waals surface area (Å²) in [6.07, 6.45) is 0.227. The SMILES string of the molecule is Cc1nc(CB(O)O)cs1. The summed E-state index contributed by atoms with van der Waals surface area (Å²) < 4.78 is 0. The van der Waals surface area contributed by atoms with E-state index in [1.54, 1.807) is 0 Å². The Bertz CT molecular complexity index is 213. The molecular formula is C5H8BNO2S. The highest BCUT2D eigenvalue weighted by molar-refractivity contribution is 7.09. The number of hydrogen-bond donors (Lipinski definition) is 2. The molecule has 0 unspecified atom stereocenters. The molecule has 0 aromatic carbocycles. The lowest BCUT2D eigenvalue weighted by Gasteiger charge is -1.91. The van der Waals surface area contributed by atoms with Crippen molar-refractivity contribution in [1.29, 1.82) is 0 Å². The zero-order chi connectivity index (χ0) is 7.56. The van der Waals surface area contributed by atoms with E-state index in [0.29, 0.717) is 0 Å². The van der Waals surface area contributed by atoms with Crippen molar-refractivity contribution in [3.63, 3.8) is 0 Å². The maximum atomic E-state index is 8.54. The molecule has 1 aromatic heterocycles. The molecule has 0 saturated carbocycles. The molecule has 0 aliphatic carbocycles. The number of aryl methyl sites for hydroxylation is 1. The van der Waals surface area contributed by atoms with Crippen LogP contribution in [0.5, 0.6) is 0 Å². The molecule has 0 aliphatic rings. The highest BCUT2D eigenvalue weighted by atomic mass is 32.1. The van der Waals surface area contributed by atoms with Gasteiger partial charge in [0.2, 0.25) is 0 Å². The van der Waals surface area contributed by atoms with E-state index in [9.17, 15) is 0 Å². The zero-order valence-electron chi connectivity index (χ0n) is 5.61. The van der Waals surface area contributed by atoms with Crippen LogP contribution in [0.1, 0.15) is 10.7 Å². The highest BCUT2D eigenvalue weighted by Gasteiger charge is 2.09. The minimum atomic E-state index is -1.28. The third kappa shape index (κ3) is 2.09. The van der Waals surface area contributed by atoms with Crippen molar-refractivity contribution in [2.24, 2.45) is 0 Å². The number of nitrogens with zero attached hydrogens (tertiary/aromatic N) is 1. The summed E-state index contributed by atoms with van der Waals surface area (Å²) >= 11 is 1.51. The number of rotatable bonds is 2. The van der Waals surface area contributed by atoms with Gasteiger partial charge in [-0.25, -0.2) is 4.98 Å². The van der Waals surface area contributed by atoms with E-state index in [4.69, 9.17) is 10.0 Å². The third-order valence-corrected chi connectivity index (χ3v) is 1.88. The molecule has 0 amide bonds. The first-order chi connectivity index (χ1) is 4.68. The summed E-state index contributed by atoms with van der Waals surface area (Å²) in [6, 6.07) is 0. The van der Waals surface area contributed by atoms with Crippen molar-refractivity contribution >= 4 is 18.5 Å². The third-order valence-electron chi connectivity index (χ3n) is 1.06.